The Morgan fingerprint density at radius 3 is 2.31 bits per heavy atom. The number of benzene rings is 1. The molecule has 1 heterocycles. The van der Waals surface area contributed by atoms with E-state index in [9.17, 15) is 35.9 Å². The normalized spacial score (nSPS) is 12.9. The third-order valence-electron chi connectivity index (χ3n) is 3.85. The Hall–Kier alpha value is -2.59. The first-order valence-electron chi connectivity index (χ1n) is 8.15. The molecule has 0 aliphatic carbocycles. The average Bonchev–Trinajstić information content (AvgIpc) is 2.65. The molecule has 174 valence electrons. The van der Waals surface area contributed by atoms with E-state index in [0.29, 0.717) is 6.07 Å². The molecular weight excluding hydrogens is 493 g/mol. The lowest BCUT2D eigenvalue weighted by molar-refractivity contribution is 0.111. The fourth-order valence-corrected chi connectivity index (χ4v) is 4.02. The van der Waals surface area contributed by atoms with Crippen molar-refractivity contribution >= 4 is 45.6 Å². The van der Waals surface area contributed by atoms with Crippen molar-refractivity contribution < 1.29 is 50.2 Å². The lowest BCUT2D eigenvalue weighted by atomic mass is 10.1. The second kappa shape index (κ2) is 9.11. The summed E-state index contributed by atoms with van der Waals surface area (Å²) in [7, 11) is -13.8. The van der Waals surface area contributed by atoms with Gasteiger partial charge in [-0.15, -0.1) is 10.2 Å². The van der Waals surface area contributed by atoms with Crippen molar-refractivity contribution in [1.82, 2.24) is 4.98 Å². The molecule has 1 aromatic carbocycles. The molecule has 0 amide bonds. The van der Waals surface area contributed by atoms with Crippen molar-refractivity contribution in [1.29, 1.82) is 0 Å². The zero-order chi connectivity index (χ0) is 24.5. The van der Waals surface area contributed by atoms with E-state index in [1.54, 1.807) is 0 Å². The highest BCUT2D eigenvalue weighted by molar-refractivity contribution is 7.90. The van der Waals surface area contributed by atoms with Crippen LogP contribution in [0.4, 0.5) is 11.5 Å². The smallest absolute Gasteiger partial charge is 0.469 e. The number of rotatable bonds is 8. The molecule has 0 saturated carbocycles. The van der Waals surface area contributed by atoms with Crippen LogP contribution in [0.2, 0.25) is 0 Å². The van der Waals surface area contributed by atoms with E-state index < -0.39 is 67.0 Å². The van der Waals surface area contributed by atoms with Crippen LogP contribution in [0.15, 0.2) is 38.2 Å². The van der Waals surface area contributed by atoms with E-state index >= 15 is 0 Å². The molecule has 0 bridgehead atoms. The highest BCUT2D eigenvalue weighted by atomic mass is 32.2. The Morgan fingerprint density at radius 1 is 1.19 bits per heavy atom. The van der Waals surface area contributed by atoms with Gasteiger partial charge in [-0.2, -0.15) is 8.42 Å². The summed E-state index contributed by atoms with van der Waals surface area (Å²) in [6.45, 7) is 0.352. The molecule has 0 unspecified atom stereocenters. The Morgan fingerprint density at radius 2 is 1.81 bits per heavy atom. The summed E-state index contributed by atoms with van der Waals surface area (Å²) in [4.78, 5) is 31.7. The van der Waals surface area contributed by atoms with E-state index in [2.05, 4.69) is 19.7 Å². The van der Waals surface area contributed by atoms with Crippen LogP contribution in [-0.4, -0.2) is 53.8 Å². The monoisotopic (exact) mass is 509 g/mol. The number of sulfone groups is 1. The molecule has 2 rings (SSSR count). The van der Waals surface area contributed by atoms with Crippen LogP contribution in [0.1, 0.15) is 21.6 Å². The van der Waals surface area contributed by atoms with Crippen LogP contribution >= 0.6 is 7.82 Å². The molecule has 0 fully saturated rings. The third kappa shape index (κ3) is 6.23. The topological polar surface area (TPSA) is 230 Å². The molecular formula is C15H16N3O11PS2. The maximum absolute atomic E-state index is 11.7. The number of aryl methyl sites for hydroxylation is 1. The minimum atomic E-state index is -5.00. The van der Waals surface area contributed by atoms with Crippen molar-refractivity contribution in [3.63, 3.8) is 0 Å². The van der Waals surface area contributed by atoms with Crippen molar-refractivity contribution in [3.05, 3.63) is 35.0 Å². The first-order chi connectivity index (χ1) is 14.5. The molecule has 14 nitrogen and oxygen atoms in total. The molecule has 0 atom stereocenters. The number of azo groups is 1. The van der Waals surface area contributed by atoms with Crippen LogP contribution in [0.3, 0.4) is 0 Å². The molecule has 0 radical (unpaired) electrons. The van der Waals surface area contributed by atoms with E-state index in [0.717, 1.165) is 18.4 Å². The molecule has 0 spiro atoms. The Bertz CT molecular complexity index is 1370. The van der Waals surface area contributed by atoms with Gasteiger partial charge in [0, 0.05) is 11.8 Å². The molecule has 1 aromatic heterocycles. The first kappa shape index (κ1) is 25.7. The van der Waals surface area contributed by atoms with Gasteiger partial charge >= 0.3 is 7.82 Å². The second-order valence-corrected chi connectivity index (χ2v) is 10.9. The van der Waals surface area contributed by atoms with Crippen LogP contribution < -0.4 is 0 Å². The number of aromatic hydroxyl groups is 1. The SMILES string of the molecule is Cc1nc(N=Nc2ccc(S(C)(=O)=O)cc2S(=O)(=O)O)c(COP(=O)(O)O)c(C=O)c1O. The van der Waals surface area contributed by atoms with Gasteiger partial charge in [0.1, 0.15) is 16.3 Å². The molecule has 17 heteroatoms. The van der Waals surface area contributed by atoms with Crippen molar-refractivity contribution in [2.75, 3.05) is 6.26 Å². The maximum atomic E-state index is 11.7. The van der Waals surface area contributed by atoms with Gasteiger partial charge in [0.05, 0.1) is 22.8 Å². The Balaban J connectivity index is 2.69. The number of aldehydes is 1. The van der Waals surface area contributed by atoms with Crippen LogP contribution in [-0.2, 0) is 35.7 Å². The van der Waals surface area contributed by atoms with E-state index in [1.165, 1.54) is 6.92 Å². The van der Waals surface area contributed by atoms with Gasteiger partial charge in [0.25, 0.3) is 10.1 Å². The highest BCUT2D eigenvalue weighted by Crippen LogP contribution is 2.40. The number of phosphoric acid groups is 1. The Labute approximate surface area is 181 Å². The zero-order valence-corrected chi connectivity index (χ0v) is 18.8. The summed E-state index contributed by atoms with van der Waals surface area (Å²) in [6.07, 6.45) is 0.973. The highest BCUT2D eigenvalue weighted by Gasteiger charge is 2.23. The number of hydrogen-bond acceptors (Lipinski definition) is 11. The first-order valence-corrected chi connectivity index (χ1v) is 13.0. The van der Waals surface area contributed by atoms with Crippen molar-refractivity contribution in [3.8, 4) is 5.75 Å². The minimum absolute atomic E-state index is 0.122. The fraction of sp³-hybridized carbons (Fsp3) is 0.200. The van der Waals surface area contributed by atoms with Gasteiger partial charge in [-0.25, -0.2) is 18.0 Å². The predicted molar refractivity (Wildman–Crippen MR) is 106 cm³/mol. The molecule has 0 aliphatic rings. The quantitative estimate of drug-likeness (QED) is 0.172. The van der Waals surface area contributed by atoms with Gasteiger partial charge in [-0.05, 0) is 25.1 Å². The molecule has 32 heavy (non-hydrogen) atoms. The summed E-state index contributed by atoms with van der Waals surface area (Å²) >= 11 is 0. The third-order valence-corrected chi connectivity index (χ3v) is 6.31. The van der Waals surface area contributed by atoms with Crippen molar-refractivity contribution in [2.45, 2.75) is 23.3 Å². The molecule has 0 saturated heterocycles. The molecule has 4 N–H and O–H groups in total. The summed E-state index contributed by atoms with van der Waals surface area (Å²) in [5, 5.41) is 17.2. The number of carbonyl (C=O) groups is 1. The maximum Gasteiger partial charge on any atom is 0.469 e. The molecule has 0 aliphatic heterocycles. The minimum Gasteiger partial charge on any atom is -0.505 e. The van der Waals surface area contributed by atoms with Gasteiger partial charge < -0.3 is 14.9 Å². The molecule has 2 aromatic rings. The van der Waals surface area contributed by atoms with Gasteiger partial charge in [-0.1, -0.05) is 0 Å². The lowest BCUT2D eigenvalue weighted by Gasteiger charge is -2.12. The lowest BCUT2D eigenvalue weighted by Crippen LogP contribution is -2.03. The van der Waals surface area contributed by atoms with E-state index in [1.807, 2.05) is 0 Å². The summed E-state index contributed by atoms with van der Waals surface area (Å²) in [5.74, 6) is -1.08. The summed E-state index contributed by atoms with van der Waals surface area (Å²) < 4.78 is 71.5. The van der Waals surface area contributed by atoms with Crippen LogP contribution in [0.25, 0.3) is 0 Å². The largest absolute Gasteiger partial charge is 0.505 e. The van der Waals surface area contributed by atoms with Crippen LogP contribution in [0, 0.1) is 6.92 Å². The number of aromatic nitrogens is 1. The zero-order valence-electron chi connectivity index (χ0n) is 16.3. The van der Waals surface area contributed by atoms with Gasteiger partial charge in [-0.3, -0.25) is 13.9 Å². The number of hydrogen-bond donors (Lipinski definition) is 4. The number of carbonyl (C=O) groups excluding carboxylic acids is 1. The van der Waals surface area contributed by atoms with E-state index in [4.69, 9.17) is 9.79 Å². The Kier molecular flexibility index (Phi) is 7.31. The van der Waals surface area contributed by atoms with Crippen LogP contribution in [0.5, 0.6) is 5.75 Å². The predicted octanol–water partition coefficient (Wildman–Crippen LogP) is 1.58. The number of pyridine rings is 1. The number of nitrogens with zero attached hydrogens (tertiary/aromatic N) is 3. The van der Waals surface area contributed by atoms with Gasteiger partial charge in [0.2, 0.25) is 0 Å². The standard InChI is InChI=1S/C15H16N3O11PS2/c1-8-14(20)10(6-19)11(7-29-30(21,22)23)15(16-8)18-17-12-4-3-9(31(2,24)25)5-13(12)32(26,27)28/h3-6,20H,7H2,1-2H3,(H2,21,22,23)(H,26,27,28). The van der Waals surface area contributed by atoms with Gasteiger partial charge in [0.15, 0.2) is 21.9 Å². The fourth-order valence-electron chi connectivity index (χ4n) is 2.35. The van der Waals surface area contributed by atoms with Crippen molar-refractivity contribution in [2.24, 2.45) is 10.2 Å². The summed E-state index contributed by atoms with van der Waals surface area (Å²) in [6, 6.07) is 2.59. The average molecular weight is 509 g/mol. The summed E-state index contributed by atoms with van der Waals surface area (Å²) in [5.41, 5.74) is -1.47. The number of phosphoric ester groups is 1. The van der Waals surface area contributed by atoms with E-state index in [-0.39, 0.29) is 17.5 Å². The second-order valence-electron chi connectivity index (χ2n) is 6.22.